The third-order valence-electron chi connectivity index (χ3n) is 2.25. The maximum Gasteiger partial charge on any atom is 0.345 e. The van der Waals surface area contributed by atoms with Crippen molar-refractivity contribution >= 4 is 23.2 Å². The van der Waals surface area contributed by atoms with Gasteiger partial charge in [0.05, 0.1) is 4.88 Å². The summed E-state index contributed by atoms with van der Waals surface area (Å²) in [5.74, 6) is -1.09. The smallest absolute Gasteiger partial charge is 0.345 e. The van der Waals surface area contributed by atoms with E-state index in [-0.39, 0.29) is 16.8 Å². The van der Waals surface area contributed by atoms with Gasteiger partial charge in [-0.2, -0.15) is 0 Å². The average molecular weight is 241 g/mol. The molecule has 0 aliphatic carbocycles. The Balaban J connectivity index is 2.91. The first-order chi connectivity index (χ1) is 7.47. The number of carbonyl (C=O) groups is 2. The van der Waals surface area contributed by atoms with Crippen molar-refractivity contribution in [2.75, 3.05) is 6.54 Å². The van der Waals surface area contributed by atoms with Gasteiger partial charge in [0, 0.05) is 12.6 Å². The molecule has 0 spiro atoms. The Bertz CT molecular complexity index is 398. The average Bonchev–Trinajstić information content (AvgIpc) is 2.66. The first kappa shape index (κ1) is 12.7. The minimum atomic E-state index is -0.989. The lowest BCUT2D eigenvalue weighted by Crippen LogP contribution is -2.36. The van der Waals surface area contributed by atoms with E-state index in [1.165, 1.54) is 6.07 Å². The summed E-state index contributed by atoms with van der Waals surface area (Å²) >= 11 is 1.02. The molecular formula is C11H15NO3S. The molecular weight excluding hydrogens is 226 g/mol. The topological polar surface area (TPSA) is 57.6 Å². The number of hydrogen-bond acceptors (Lipinski definition) is 3. The van der Waals surface area contributed by atoms with Crippen LogP contribution < -0.4 is 0 Å². The van der Waals surface area contributed by atoms with E-state index < -0.39 is 5.97 Å². The number of carboxylic acids is 1. The summed E-state index contributed by atoms with van der Waals surface area (Å²) in [6.45, 7) is 6.40. The van der Waals surface area contributed by atoms with Gasteiger partial charge < -0.3 is 10.0 Å². The predicted molar refractivity (Wildman–Crippen MR) is 63.1 cm³/mol. The molecule has 1 aromatic rings. The number of carbonyl (C=O) groups excluding carboxylic acids is 1. The van der Waals surface area contributed by atoms with Crippen molar-refractivity contribution in [2.45, 2.75) is 26.8 Å². The van der Waals surface area contributed by atoms with E-state index in [1.807, 2.05) is 20.8 Å². The first-order valence-electron chi connectivity index (χ1n) is 5.11. The fourth-order valence-corrected chi connectivity index (χ4v) is 2.25. The molecule has 1 rings (SSSR count). The highest BCUT2D eigenvalue weighted by Crippen LogP contribution is 2.19. The van der Waals surface area contributed by atoms with Crippen LogP contribution in [-0.4, -0.2) is 34.5 Å². The fourth-order valence-electron chi connectivity index (χ4n) is 1.45. The van der Waals surface area contributed by atoms with Crippen molar-refractivity contribution in [3.05, 3.63) is 21.9 Å². The van der Waals surface area contributed by atoms with E-state index >= 15 is 0 Å². The summed E-state index contributed by atoms with van der Waals surface area (Å²) in [5, 5.41) is 8.77. The third kappa shape index (κ3) is 2.61. The molecule has 1 aromatic heterocycles. The van der Waals surface area contributed by atoms with Crippen molar-refractivity contribution in [3.63, 3.8) is 0 Å². The van der Waals surface area contributed by atoms with E-state index in [9.17, 15) is 9.59 Å². The lowest BCUT2D eigenvalue weighted by Gasteiger charge is -2.24. The van der Waals surface area contributed by atoms with E-state index in [4.69, 9.17) is 5.11 Å². The molecule has 0 saturated heterocycles. The zero-order valence-electron chi connectivity index (χ0n) is 9.56. The zero-order chi connectivity index (χ0) is 12.3. The maximum atomic E-state index is 12.0. The number of nitrogens with zero attached hydrogens (tertiary/aromatic N) is 1. The second kappa shape index (κ2) is 5.12. The zero-order valence-corrected chi connectivity index (χ0v) is 10.4. The minimum Gasteiger partial charge on any atom is -0.477 e. The van der Waals surface area contributed by atoms with Crippen molar-refractivity contribution in [1.29, 1.82) is 0 Å². The summed E-state index contributed by atoms with van der Waals surface area (Å²) in [7, 11) is 0. The lowest BCUT2D eigenvalue weighted by atomic mass is 10.3. The number of rotatable bonds is 4. The quantitative estimate of drug-likeness (QED) is 0.880. The van der Waals surface area contributed by atoms with Crippen LogP contribution in [0.25, 0.3) is 0 Å². The van der Waals surface area contributed by atoms with Gasteiger partial charge in [-0.3, -0.25) is 4.79 Å². The Morgan fingerprint density at radius 2 is 1.94 bits per heavy atom. The molecule has 0 unspecified atom stereocenters. The summed E-state index contributed by atoms with van der Waals surface area (Å²) < 4.78 is 0. The third-order valence-corrected chi connectivity index (χ3v) is 3.31. The van der Waals surface area contributed by atoms with Gasteiger partial charge in [-0.25, -0.2) is 4.79 Å². The molecule has 0 bridgehead atoms. The maximum absolute atomic E-state index is 12.0. The Morgan fingerprint density at radius 3 is 2.31 bits per heavy atom. The summed E-state index contributed by atoms with van der Waals surface area (Å²) in [6, 6.07) is 3.16. The highest BCUT2D eigenvalue weighted by Gasteiger charge is 2.19. The first-order valence-corrected chi connectivity index (χ1v) is 5.93. The number of hydrogen-bond donors (Lipinski definition) is 1. The molecule has 0 aromatic carbocycles. The Morgan fingerprint density at radius 1 is 1.38 bits per heavy atom. The second-order valence-corrected chi connectivity index (χ2v) is 4.74. The van der Waals surface area contributed by atoms with Gasteiger partial charge in [0.1, 0.15) is 4.88 Å². The van der Waals surface area contributed by atoms with Gasteiger partial charge in [0.25, 0.3) is 5.91 Å². The van der Waals surface area contributed by atoms with Crippen LogP contribution in [0.4, 0.5) is 0 Å². The Hall–Kier alpha value is -1.36. The molecule has 88 valence electrons. The normalized spacial score (nSPS) is 10.5. The summed E-state index contributed by atoms with van der Waals surface area (Å²) in [5.41, 5.74) is 0. The van der Waals surface area contributed by atoms with Crippen LogP contribution >= 0.6 is 11.3 Å². The van der Waals surface area contributed by atoms with Crippen LogP contribution in [0.5, 0.6) is 0 Å². The number of carboxylic acid groups (broad SMARTS) is 1. The molecule has 1 N–H and O–H groups in total. The Labute approximate surface area is 98.5 Å². The summed E-state index contributed by atoms with van der Waals surface area (Å²) in [6.07, 6.45) is 0. The monoisotopic (exact) mass is 241 g/mol. The van der Waals surface area contributed by atoms with Crippen LogP contribution in [-0.2, 0) is 0 Å². The number of aromatic carboxylic acids is 1. The standard InChI is InChI=1S/C11H15NO3S/c1-4-12(7(2)3)10(13)8-5-6-9(16-8)11(14)15/h5-7H,4H2,1-3H3,(H,14,15). The molecule has 16 heavy (non-hydrogen) atoms. The number of thiophene rings is 1. The summed E-state index contributed by atoms with van der Waals surface area (Å²) in [4.78, 5) is 25.1. The highest BCUT2D eigenvalue weighted by atomic mass is 32.1. The van der Waals surface area contributed by atoms with Crippen molar-refractivity contribution in [1.82, 2.24) is 4.90 Å². The fraction of sp³-hybridized carbons (Fsp3) is 0.455. The van der Waals surface area contributed by atoms with E-state index in [1.54, 1.807) is 11.0 Å². The second-order valence-electron chi connectivity index (χ2n) is 3.65. The molecule has 0 radical (unpaired) electrons. The molecule has 0 aliphatic heterocycles. The van der Waals surface area contributed by atoms with Gasteiger partial charge in [-0.05, 0) is 32.9 Å². The van der Waals surface area contributed by atoms with Gasteiger partial charge in [-0.15, -0.1) is 11.3 Å². The van der Waals surface area contributed by atoms with Crippen molar-refractivity contribution < 1.29 is 14.7 Å². The van der Waals surface area contributed by atoms with Crippen LogP contribution in [0.15, 0.2) is 12.1 Å². The SMILES string of the molecule is CCN(C(=O)c1ccc(C(=O)O)s1)C(C)C. The number of amides is 1. The lowest BCUT2D eigenvalue weighted by molar-refractivity contribution is 0.0699. The van der Waals surface area contributed by atoms with Crippen molar-refractivity contribution in [2.24, 2.45) is 0 Å². The minimum absolute atomic E-state index is 0.102. The highest BCUT2D eigenvalue weighted by molar-refractivity contribution is 7.15. The molecule has 1 amide bonds. The van der Waals surface area contributed by atoms with Gasteiger partial charge in [-0.1, -0.05) is 0 Å². The molecule has 5 heteroatoms. The largest absolute Gasteiger partial charge is 0.477 e. The molecule has 0 fully saturated rings. The van der Waals surface area contributed by atoms with Gasteiger partial charge in [0.2, 0.25) is 0 Å². The van der Waals surface area contributed by atoms with Gasteiger partial charge >= 0.3 is 5.97 Å². The molecule has 1 heterocycles. The van der Waals surface area contributed by atoms with Crippen LogP contribution in [0.1, 0.15) is 40.1 Å². The van der Waals surface area contributed by atoms with Crippen LogP contribution in [0.2, 0.25) is 0 Å². The van der Waals surface area contributed by atoms with E-state index in [0.717, 1.165) is 11.3 Å². The molecule has 4 nitrogen and oxygen atoms in total. The van der Waals surface area contributed by atoms with Crippen LogP contribution in [0, 0.1) is 0 Å². The van der Waals surface area contributed by atoms with Crippen LogP contribution in [0.3, 0.4) is 0 Å². The molecule has 0 saturated carbocycles. The molecule has 0 atom stereocenters. The van der Waals surface area contributed by atoms with Crippen molar-refractivity contribution in [3.8, 4) is 0 Å². The Kier molecular flexibility index (Phi) is 4.06. The predicted octanol–water partition coefficient (Wildman–Crippen LogP) is 2.32. The molecule has 0 aliphatic rings. The van der Waals surface area contributed by atoms with E-state index in [0.29, 0.717) is 11.4 Å². The van der Waals surface area contributed by atoms with E-state index in [2.05, 4.69) is 0 Å². The van der Waals surface area contributed by atoms with Gasteiger partial charge in [0.15, 0.2) is 0 Å².